The fraction of sp³-hybridized carbons (Fsp3) is 0.263. The molecule has 0 aliphatic heterocycles. The molecule has 0 bridgehead atoms. The van der Waals surface area contributed by atoms with Gasteiger partial charge >= 0.3 is 0 Å². The summed E-state index contributed by atoms with van der Waals surface area (Å²) in [7, 11) is 3.11. The Kier molecular flexibility index (Phi) is 5.80. The van der Waals surface area contributed by atoms with Crippen LogP contribution in [0.2, 0.25) is 0 Å². The maximum atomic E-state index is 12.2. The van der Waals surface area contributed by atoms with Crippen molar-refractivity contribution in [2.75, 3.05) is 14.2 Å². The molecule has 0 spiro atoms. The molecule has 1 amide bonds. The van der Waals surface area contributed by atoms with E-state index in [0.29, 0.717) is 11.5 Å². The molecule has 0 saturated carbocycles. The largest absolute Gasteiger partial charge is 0.493 e. The zero-order valence-electron chi connectivity index (χ0n) is 14.0. The molecule has 2 rings (SSSR count). The van der Waals surface area contributed by atoms with Crippen LogP contribution in [0.4, 0.5) is 0 Å². The first-order valence-corrected chi connectivity index (χ1v) is 7.54. The van der Waals surface area contributed by atoms with Gasteiger partial charge in [-0.25, -0.2) is 0 Å². The molecule has 0 heterocycles. The van der Waals surface area contributed by atoms with E-state index >= 15 is 0 Å². The van der Waals surface area contributed by atoms with Crippen molar-refractivity contribution in [3.63, 3.8) is 0 Å². The highest BCUT2D eigenvalue weighted by Gasteiger charge is 2.15. The van der Waals surface area contributed by atoms with E-state index in [2.05, 4.69) is 11.4 Å². The molecule has 5 heteroatoms. The zero-order chi connectivity index (χ0) is 17.5. The Hall–Kier alpha value is -3.00. The Morgan fingerprint density at radius 3 is 2.38 bits per heavy atom. The second kappa shape index (κ2) is 8.02. The lowest BCUT2D eigenvalue weighted by Crippen LogP contribution is -2.29. The third-order valence-electron chi connectivity index (χ3n) is 3.66. The fourth-order valence-corrected chi connectivity index (χ4v) is 2.34. The van der Waals surface area contributed by atoms with Crippen molar-refractivity contribution >= 4 is 5.91 Å². The third-order valence-corrected chi connectivity index (χ3v) is 3.66. The van der Waals surface area contributed by atoms with Crippen LogP contribution in [-0.2, 0) is 11.2 Å². The Morgan fingerprint density at radius 2 is 1.79 bits per heavy atom. The van der Waals surface area contributed by atoms with E-state index < -0.39 is 6.04 Å². The number of nitrogens with zero attached hydrogens (tertiary/aromatic N) is 1. The van der Waals surface area contributed by atoms with Crippen LogP contribution in [0.1, 0.15) is 22.7 Å². The maximum Gasteiger partial charge on any atom is 0.225 e. The van der Waals surface area contributed by atoms with Crippen LogP contribution in [-0.4, -0.2) is 20.1 Å². The van der Waals surface area contributed by atoms with Gasteiger partial charge in [-0.15, -0.1) is 0 Å². The second-order valence-corrected chi connectivity index (χ2v) is 5.41. The van der Waals surface area contributed by atoms with Crippen LogP contribution in [0, 0.1) is 18.3 Å². The Morgan fingerprint density at radius 1 is 1.12 bits per heavy atom. The van der Waals surface area contributed by atoms with Crippen LogP contribution in [0.5, 0.6) is 11.5 Å². The molecule has 1 atom stereocenters. The van der Waals surface area contributed by atoms with E-state index in [-0.39, 0.29) is 12.3 Å². The Labute approximate surface area is 141 Å². The van der Waals surface area contributed by atoms with E-state index in [1.165, 1.54) is 0 Å². The summed E-state index contributed by atoms with van der Waals surface area (Å²) < 4.78 is 10.4. The molecule has 0 aliphatic rings. The number of benzene rings is 2. The van der Waals surface area contributed by atoms with Crippen molar-refractivity contribution in [3.05, 3.63) is 59.2 Å². The first-order valence-electron chi connectivity index (χ1n) is 7.54. The first kappa shape index (κ1) is 17.4. The molecule has 0 aromatic heterocycles. The quantitative estimate of drug-likeness (QED) is 0.887. The van der Waals surface area contributed by atoms with Crippen molar-refractivity contribution < 1.29 is 14.3 Å². The lowest BCUT2D eigenvalue weighted by molar-refractivity contribution is -0.120. The fourth-order valence-electron chi connectivity index (χ4n) is 2.34. The minimum Gasteiger partial charge on any atom is -0.493 e. The number of rotatable bonds is 6. The van der Waals surface area contributed by atoms with Gasteiger partial charge in [0.25, 0.3) is 0 Å². The standard InChI is InChI=1S/C19H20N2O3/c1-13-4-7-15(8-5-13)16(12-20)21-19(22)11-14-6-9-17(23-2)18(10-14)24-3/h4-10,16H,11H2,1-3H3,(H,21,22). The molecule has 1 unspecified atom stereocenters. The third kappa shape index (κ3) is 4.26. The number of nitrogens with one attached hydrogen (secondary N) is 1. The first-order chi connectivity index (χ1) is 11.6. The molecular formula is C19H20N2O3. The monoisotopic (exact) mass is 324 g/mol. The van der Waals surface area contributed by atoms with Gasteiger partial charge in [0.15, 0.2) is 11.5 Å². The van der Waals surface area contributed by atoms with Gasteiger partial charge in [-0.1, -0.05) is 35.9 Å². The molecule has 1 N–H and O–H groups in total. The lowest BCUT2D eigenvalue weighted by Gasteiger charge is -2.13. The Bertz CT molecular complexity index is 748. The minimum atomic E-state index is -0.668. The van der Waals surface area contributed by atoms with Crippen LogP contribution < -0.4 is 14.8 Å². The summed E-state index contributed by atoms with van der Waals surface area (Å²) in [5.41, 5.74) is 2.65. The smallest absolute Gasteiger partial charge is 0.225 e. The minimum absolute atomic E-state index is 0.157. The molecular weight excluding hydrogens is 304 g/mol. The second-order valence-electron chi connectivity index (χ2n) is 5.41. The summed E-state index contributed by atoms with van der Waals surface area (Å²) in [6.45, 7) is 1.97. The highest BCUT2D eigenvalue weighted by Crippen LogP contribution is 2.27. The summed E-state index contributed by atoms with van der Waals surface area (Å²) in [4.78, 5) is 12.2. The van der Waals surface area contributed by atoms with E-state index in [4.69, 9.17) is 9.47 Å². The van der Waals surface area contributed by atoms with Gasteiger partial charge in [0.2, 0.25) is 5.91 Å². The van der Waals surface area contributed by atoms with Crippen LogP contribution in [0.3, 0.4) is 0 Å². The molecule has 0 aliphatic carbocycles. The normalized spacial score (nSPS) is 11.2. The van der Waals surface area contributed by atoms with E-state index in [1.807, 2.05) is 31.2 Å². The van der Waals surface area contributed by atoms with Gasteiger partial charge < -0.3 is 14.8 Å². The van der Waals surface area contributed by atoms with Gasteiger partial charge in [0.1, 0.15) is 6.04 Å². The van der Waals surface area contributed by atoms with Gasteiger partial charge in [-0.05, 0) is 30.2 Å². The van der Waals surface area contributed by atoms with Crippen molar-refractivity contribution in [1.29, 1.82) is 5.26 Å². The molecule has 5 nitrogen and oxygen atoms in total. The lowest BCUT2D eigenvalue weighted by atomic mass is 10.1. The number of carbonyl (C=O) groups excluding carboxylic acids is 1. The SMILES string of the molecule is COc1ccc(CC(=O)NC(C#N)c2ccc(C)cc2)cc1OC. The summed E-state index contributed by atoms with van der Waals surface area (Å²) in [5.74, 6) is 0.948. The van der Waals surface area contributed by atoms with E-state index in [9.17, 15) is 10.1 Å². The number of nitriles is 1. The summed E-state index contributed by atoms with van der Waals surface area (Å²) in [6, 6.07) is 14.3. The number of aryl methyl sites for hydroxylation is 1. The van der Waals surface area contributed by atoms with Crippen LogP contribution >= 0.6 is 0 Å². The Balaban J connectivity index is 2.06. The maximum absolute atomic E-state index is 12.2. The predicted octanol–water partition coefficient (Wildman–Crippen LogP) is 2.94. The molecule has 0 saturated heterocycles. The molecule has 2 aromatic carbocycles. The average Bonchev–Trinajstić information content (AvgIpc) is 2.60. The molecule has 124 valence electrons. The van der Waals surface area contributed by atoms with Crippen molar-refractivity contribution in [2.45, 2.75) is 19.4 Å². The topological polar surface area (TPSA) is 71.3 Å². The van der Waals surface area contributed by atoms with E-state index in [1.54, 1.807) is 32.4 Å². The van der Waals surface area contributed by atoms with E-state index in [0.717, 1.165) is 16.7 Å². The van der Waals surface area contributed by atoms with Gasteiger partial charge in [0, 0.05) is 0 Å². The predicted molar refractivity (Wildman–Crippen MR) is 90.9 cm³/mol. The molecule has 24 heavy (non-hydrogen) atoms. The number of carbonyl (C=O) groups is 1. The number of amides is 1. The summed E-state index contributed by atoms with van der Waals surface area (Å²) in [5, 5.41) is 12.1. The summed E-state index contributed by atoms with van der Waals surface area (Å²) in [6.07, 6.45) is 0.157. The van der Waals surface area contributed by atoms with Crippen molar-refractivity contribution in [1.82, 2.24) is 5.32 Å². The van der Waals surface area contributed by atoms with Gasteiger partial charge in [-0.3, -0.25) is 4.79 Å². The average molecular weight is 324 g/mol. The highest BCUT2D eigenvalue weighted by molar-refractivity contribution is 5.79. The molecule has 0 fully saturated rings. The van der Waals surface area contributed by atoms with Gasteiger partial charge in [0.05, 0.1) is 26.7 Å². The zero-order valence-corrected chi connectivity index (χ0v) is 14.0. The number of hydrogen-bond acceptors (Lipinski definition) is 4. The summed E-state index contributed by atoms with van der Waals surface area (Å²) >= 11 is 0. The van der Waals surface area contributed by atoms with Crippen molar-refractivity contribution in [3.8, 4) is 17.6 Å². The number of hydrogen-bond donors (Lipinski definition) is 1. The molecule has 2 aromatic rings. The number of ether oxygens (including phenoxy) is 2. The highest BCUT2D eigenvalue weighted by atomic mass is 16.5. The number of methoxy groups -OCH3 is 2. The van der Waals surface area contributed by atoms with Gasteiger partial charge in [-0.2, -0.15) is 5.26 Å². The van der Waals surface area contributed by atoms with Crippen LogP contribution in [0.25, 0.3) is 0 Å². The van der Waals surface area contributed by atoms with Crippen LogP contribution in [0.15, 0.2) is 42.5 Å². The molecule has 0 radical (unpaired) electrons. The van der Waals surface area contributed by atoms with Crippen molar-refractivity contribution in [2.24, 2.45) is 0 Å².